The van der Waals surface area contributed by atoms with Crippen LogP contribution in [0.4, 0.5) is 0 Å². The maximum atomic E-state index is 12.1. The quantitative estimate of drug-likeness (QED) is 0.635. The Labute approximate surface area is 102 Å². The Morgan fingerprint density at radius 1 is 1.06 bits per heavy atom. The van der Waals surface area contributed by atoms with Crippen LogP contribution in [0, 0.1) is 0 Å². The minimum atomic E-state index is -0.379. The average molecular weight is 276 g/mol. The maximum absolute atomic E-state index is 12.1. The van der Waals surface area contributed by atoms with Crippen LogP contribution in [0.2, 0.25) is 0 Å². The maximum Gasteiger partial charge on any atom is 0.182 e. The van der Waals surface area contributed by atoms with E-state index in [0.717, 1.165) is 5.69 Å². The monoisotopic (exact) mass is 275 g/mol. The van der Waals surface area contributed by atoms with Crippen LogP contribution in [0.1, 0.15) is 20.9 Å². The Balaban J connectivity index is 2.24. The van der Waals surface area contributed by atoms with Crippen LogP contribution >= 0.6 is 15.9 Å². The summed E-state index contributed by atoms with van der Waals surface area (Å²) in [5.41, 5.74) is 1.42. The van der Waals surface area contributed by atoms with Gasteiger partial charge in [0.25, 0.3) is 0 Å². The van der Waals surface area contributed by atoms with Crippen molar-refractivity contribution in [1.82, 2.24) is 4.98 Å². The number of hydrogen-bond acceptors (Lipinski definition) is 2. The summed E-state index contributed by atoms with van der Waals surface area (Å²) >= 11 is 3.38. The van der Waals surface area contributed by atoms with E-state index in [4.69, 9.17) is 0 Å². The predicted octanol–water partition coefficient (Wildman–Crippen LogP) is 3.40. The molecule has 0 aliphatic heterocycles. The average Bonchev–Trinajstić information content (AvgIpc) is 2.39. The van der Waals surface area contributed by atoms with Crippen LogP contribution in [0.3, 0.4) is 0 Å². The van der Waals surface area contributed by atoms with Gasteiger partial charge in [0.2, 0.25) is 0 Å². The SMILES string of the molecule is O=C(c1ccccc1)C(Br)c1ccccn1. The number of pyridine rings is 1. The van der Waals surface area contributed by atoms with Gasteiger partial charge in [0, 0.05) is 11.8 Å². The molecule has 1 aromatic heterocycles. The van der Waals surface area contributed by atoms with Crippen molar-refractivity contribution in [3.8, 4) is 0 Å². The van der Waals surface area contributed by atoms with Crippen LogP contribution in [-0.4, -0.2) is 10.8 Å². The van der Waals surface area contributed by atoms with Gasteiger partial charge in [0.05, 0.1) is 5.69 Å². The van der Waals surface area contributed by atoms with Gasteiger partial charge in [-0.25, -0.2) is 0 Å². The topological polar surface area (TPSA) is 30.0 Å². The number of benzene rings is 1. The molecule has 2 aromatic rings. The van der Waals surface area contributed by atoms with Crippen LogP contribution in [-0.2, 0) is 0 Å². The second-order valence-electron chi connectivity index (χ2n) is 3.35. The van der Waals surface area contributed by atoms with E-state index >= 15 is 0 Å². The number of rotatable bonds is 3. The third-order valence-electron chi connectivity index (χ3n) is 2.24. The zero-order chi connectivity index (χ0) is 11.4. The van der Waals surface area contributed by atoms with E-state index in [-0.39, 0.29) is 10.6 Å². The fourth-order valence-electron chi connectivity index (χ4n) is 1.41. The summed E-state index contributed by atoms with van der Waals surface area (Å²) in [6.07, 6.45) is 1.68. The van der Waals surface area contributed by atoms with Gasteiger partial charge in [-0.05, 0) is 12.1 Å². The van der Waals surface area contributed by atoms with Gasteiger partial charge in [-0.15, -0.1) is 0 Å². The minimum Gasteiger partial charge on any atom is -0.292 e. The predicted molar refractivity (Wildman–Crippen MR) is 66.7 cm³/mol. The highest BCUT2D eigenvalue weighted by Crippen LogP contribution is 2.24. The van der Waals surface area contributed by atoms with Crippen molar-refractivity contribution >= 4 is 21.7 Å². The summed E-state index contributed by atoms with van der Waals surface area (Å²) in [7, 11) is 0. The zero-order valence-electron chi connectivity index (χ0n) is 8.51. The van der Waals surface area contributed by atoms with Crippen molar-refractivity contribution in [3.63, 3.8) is 0 Å². The van der Waals surface area contributed by atoms with Crippen LogP contribution < -0.4 is 0 Å². The number of halogens is 1. The molecule has 1 aromatic carbocycles. The molecule has 0 radical (unpaired) electrons. The Hall–Kier alpha value is -1.48. The lowest BCUT2D eigenvalue weighted by atomic mass is 10.1. The lowest BCUT2D eigenvalue weighted by molar-refractivity contribution is 0.0990. The molecule has 80 valence electrons. The van der Waals surface area contributed by atoms with E-state index in [2.05, 4.69) is 20.9 Å². The first kappa shape index (κ1) is 11.0. The summed E-state index contributed by atoms with van der Waals surface area (Å²) < 4.78 is 0. The highest BCUT2D eigenvalue weighted by molar-refractivity contribution is 9.09. The highest BCUT2D eigenvalue weighted by atomic mass is 79.9. The summed E-state index contributed by atoms with van der Waals surface area (Å²) in [5.74, 6) is 0.0271. The Bertz CT molecular complexity index is 470. The number of alkyl halides is 1. The van der Waals surface area contributed by atoms with Crippen LogP contribution in [0.5, 0.6) is 0 Å². The fourth-order valence-corrected chi connectivity index (χ4v) is 1.94. The summed E-state index contributed by atoms with van der Waals surface area (Å²) in [6, 6.07) is 14.7. The van der Waals surface area contributed by atoms with Gasteiger partial charge in [-0.3, -0.25) is 9.78 Å². The van der Waals surface area contributed by atoms with E-state index in [1.54, 1.807) is 18.3 Å². The van der Waals surface area contributed by atoms with E-state index in [1.165, 1.54) is 0 Å². The molecule has 0 saturated heterocycles. The van der Waals surface area contributed by atoms with Crippen molar-refractivity contribution in [1.29, 1.82) is 0 Å². The minimum absolute atomic E-state index is 0.0271. The van der Waals surface area contributed by atoms with Crippen molar-refractivity contribution in [2.24, 2.45) is 0 Å². The molecule has 1 unspecified atom stereocenters. The number of aromatic nitrogens is 1. The van der Waals surface area contributed by atoms with Gasteiger partial charge in [0.15, 0.2) is 5.78 Å². The normalized spacial score (nSPS) is 12.1. The van der Waals surface area contributed by atoms with Crippen molar-refractivity contribution < 1.29 is 4.79 Å². The first-order valence-corrected chi connectivity index (χ1v) is 5.85. The summed E-state index contributed by atoms with van der Waals surface area (Å²) in [4.78, 5) is 15.8. The molecule has 16 heavy (non-hydrogen) atoms. The standard InChI is InChI=1S/C13H10BrNO/c14-12(11-8-4-5-9-15-11)13(16)10-6-2-1-3-7-10/h1-9,12H. The fraction of sp³-hybridized carbons (Fsp3) is 0.0769. The molecule has 0 N–H and O–H groups in total. The van der Waals surface area contributed by atoms with Crippen LogP contribution in [0.15, 0.2) is 54.7 Å². The van der Waals surface area contributed by atoms with Gasteiger partial charge >= 0.3 is 0 Å². The van der Waals surface area contributed by atoms with Crippen molar-refractivity contribution in [2.75, 3.05) is 0 Å². The number of hydrogen-bond donors (Lipinski definition) is 0. The largest absolute Gasteiger partial charge is 0.292 e. The van der Waals surface area contributed by atoms with E-state index < -0.39 is 0 Å². The Morgan fingerprint density at radius 2 is 1.75 bits per heavy atom. The second kappa shape index (κ2) is 5.03. The molecule has 1 atom stereocenters. The smallest absolute Gasteiger partial charge is 0.182 e. The van der Waals surface area contributed by atoms with Gasteiger partial charge in [-0.1, -0.05) is 52.3 Å². The van der Waals surface area contributed by atoms with E-state index in [9.17, 15) is 4.79 Å². The number of Topliss-reactive ketones (excluding diaryl/α,β-unsaturated/α-hetero) is 1. The molecule has 3 heteroatoms. The molecule has 0 saturated carbocycles. The first-order chi connectivity index (χ1) is 7.79. The molecule has 0 spiro atoms. The number of nitrogens with zero attached hydrogens (tertiary/aromatic N) is 1. The molecule has 1 heterocycles. The number of carbonyl (C=O) groups is 1. The second-order valence-corrected chi connectivity index (χ2v) is 4.26. The Kier molecular flexibility index (Phi) is 3.47. The third kappa shape index (κ3) is 2.36. The van der Waals surface area contributed by atoms with Crippen LogP contribution in [0.25, 0.3) is 0 Å². The first-order valence-electron chi connectivity index (χ1n) is 4.93. The summed E-state index contributed by atoms with van der Waals surface area (Å²) in [5, 5.41) is 0. The molecular formula is C13H10BrNO. The zero-order valence-corrected chi connectivity index (χ0v) is 10.1. The lowest BCUT2D eigenvalue weighted by Crippen LogP contribution is -2.08. The number of carbonyl (C=O) groups excluding carboxylic acids is 1. The van der Waals surface area contributed by atoms with Crippen molar-refractivity contribution in [2.45, 2.75) is 4.83 Å². The highest BCUT2D eigenvalue weighted by Gasteiger charge is 2.19. The number of ketones is 1. The molecule has 0 fully saturated rings. The van der Waals surface area contributed by atoms with Gasteiger partial charge in [-0.2, -0.15) is 0 Å². The molecule has 2 rings (SSSR count). The third-order valence-corrected chi connectivity index (χ3v) is 3.12. The molecular weight excluding hydrogens is 266 g/mol. The van der Waals surface area contributed by atoms with Gasteiger partial charge < -0.3 is 0 Å². The molecule has 2 nitrogen and oxygen atoms in total. The lowest BCUT2D eigenvalue weighted by Gasteiger charge is -2.07. The molecule has 0 aliphatic carbocycles. The van der Waals surface area contributed by atoms with Crippen molar-refractivity contribution in [3.05, 3.63) is 66.0 Å². The molecule has 0 bridgehead atoms. The van der Waals surface area contributed by atoms with Gasteiger partial charge in [0.1, 0.15) is 4.83 Å². The van der Waals surface area contributed by atoms with E-state index in [0.29, 0.717) is 5.56 Å². The Morgan fingerprint density at radius 3 is 2.38 bits per heavy atom. The molecule has 0 amide bonds. The van der Waals surface area contributed by atoms with E-state index in [1.807, 2.05) is 36.4 Å². The summed E-state index contributed by atoms with van der Waals surface area (Å²) in [6.45, 7) is 0. The molecule has 0 aliphatic rings.